The van der Waals surface area contributed by atoms with E-state index in [2.05, 4.69) is 12.3 Å². The molecule has 0 aromatic heterocycles. The summed E-state index contributed by atoms with van der Waals surface area (Å²) in [4.78, 5) is 0. The highest BCUT2D eigenvalue weighted by Gasteiger charge is 2.10. The molecule has 0 radical (unpaired) electrons. The molecule has 0 aliphatic rings. The molecule has 1 aromatic carbocycles. The minimum Gasteiger partial charge on any atom is -0.271 e. The van der Waals surface area contributed by atoms with Crippen molar-refractivity contribution in [1.29, 1.82) is 0 Å². The molecule has 0 saturated heterocycles. The van der Waals surface area contributed by atoms with Crippen LogP contribution in [0.4, 0.5) is 4.39 Å². The van der Waals surface area contributed by atoms with Gasteiger partial charge >= 0.3 is 0 Å². The van der Waals surface area contributed by atoms with Crippen molar-refractivity contribution in [3.8, 4) is 0 Å². The lowest BCUT2D eigenvalue weighted by Gasteiger charge is -2.16. The van der Waals surface area contributed by atoms with E-state index >= 15 is 0 Å². The molecule has 0 spiro atoms. The van der Waals surface area contributed by atoms with Gasteiger partial charge in [-0.2, -0.15) is 0 Å². The zero-order valence-electron chi connectivity index (χ0n) is 12.0. The standard InChI is InChI=1S/C16H27FN2/c1-2-3-4-5-6-7-11-15(19-18)13-14-10-8-9-12-16(14)17/h8-10,12,15,19H,2-7,11,13,18H2,1H3. The predicted molar refractivity (Wildman–Crippen MR) is 79.2 cm³/mol. The van der Waals surface area contributed by atoms with Crippen LogP contribution in [0.3, 0.4) is 0 Å². The van der Waals surface area contributed by atoms with Crippen LogP contribution < -0.4 is 11.3 Å². The number of nitrogens with one attached hydrogen (secondary N) is 1. The van der Waals surface area contributed by atoms with Crippen LogP contribution in [0.1, 0.15) is 57.4 Å². The lowest BCUT2D eigenvalue weighted by atomic mass is 10.00. The van der Waals surface area contributed by atoms with Gasteiger partial charge in [0, 0.05) is 6.04 Å². The zero-order chi connectivity index (χ0) is 13.9. The Labute approximate surface area is 116 Å². The Bertz CT molecular complexity index is 341. The van der Waals surface area contributed by atoms with Crippen molar-refractivity contribution in [2.75, 3.05) is 0 Å². The third-order valence-electron chi connectivity index (χ3n) is 3.57. The zero-order valence-corrected chi connectivity index (χ0v) is 12.0. The maximum Gasteiger partial charge on any atom is 0.126 e. The molecule has 0 bridgehead atoms. The van der Waals surface area contributed by atoms with Gasteiger partial charge in [0.15, 0.2) is 0 Å². The highest BCUT2D eigenvalue weighted by molar-refractivity contribution is 5.18. The summed E-state index contributed by atoms with van der Waals surface area (Å²) in [5, 5.41) is 0. The molecular formula is C16H27FN2. The fourth-order valence-corrected chi connectivity index (χ4v) is 2.34. The van der Waals surface area contributed by atoms with Crippen LogP contribution in [0.15, 0.2) is 24.3 Å². The largest absolute Gasteiger partial charge is 0.271 e. The smallest absolute Gasteiger partial charge is 0.126 e. The topological polar surface area (TPSA) is 38.0 Å². The molecule has 0 heterocycles. The van der Waals surface area contributed by atoms with E-state index in [1.165, 1.54) is 38.2 Å². The van der Waals surface area contributed by atoms with Crippen LogP contribution in [0.5, 0.6) is 0 Å². The van der Waals surface area contributed by atoms with Crippen molar-refractivity contribution in [2.24, 2.45) is 5.84 Å². The second-order valence-electron chi connectivity index (χ2n) is 5.22. The second-order valence-corrected chi connectivity index (χ2v) is 5.22. The maximum absolute atomic E-state index is 13.5. The fraction of sp³-hybridized carbons (Fsp3) is 0.625. The molecule has 1 rings (SSSR count). The first-order valence-corrected chi connectivity index (χ1v) is 7.47. The Morgan fingerprint density at radius 3 is 2.47 bits per heavy atom. The average Bonchev–Trinajstić information content (AvgIpc) is 2.43. The molecule has 0 fully saturated rings. The molecule has 3 heteroatoms. The monoisotopic (exact) mass is 266 g/mol. The van der Waals surface area contributed by atoms with Gasteiger partial charge < -0.3 is 0 Å². The third kappa shape index (κ3) is 6.69. The molecule has 0 saturated carbocycles. The quantitative estimate of drug-likeness (QED) is 0.382. The first-order valence-electron chi connectivity index (χ1n) is 7.47. The Hall–Kier alpha value is -0.930. The number of hydrogen-bond acceptors (Lipinski definition) is 2. The van der Waals surface area contributed by atoms with Gasteiger partial charge in [-0.3, -0.25) is 11.3 Å². The van der Waals surface area contributed by atoms with Gasteiger partial charge in [-0.05, 0) is 24.5 Å². The summed E-state index contributed by atoms with van der Waals surface area (Å²) < 4.78 is 13.5. The van der Waals surface area contributed by atoms with Crippen molar-refractivity contribution in [1.82, 2.24) is 5.43 Å². The van der Waals surface area contributed by atoms with E-state index in [0.717, 1.165) is 18.4 Å². The summed E-state index contributed by atoms with van der Waals surface area (Å²) in [6.45, 7) is 2.22. The molecule has 0 amide bonds. The SMILES string of the molecule is CCCCCCCCC(Cc1ccccc1F)NN. The van der Waals surface area contributed by atoms with Crippen LogP contribution in [0, 0.1) is 5.82 Å². The number of nitrogens with two attached hydrogens (primary N) is 1. The summed E-state index contributed by atoms with van der Waals surface area (Å²) in [5.74, 6) is 5.43. The number of hydrogen-bond donors (Lipinski definition) is 2. The number of rotatable bonds is 10. The Morgan fingerprint density at radius 1 is 1.11 bits per heavy atom. The van der Waals surface area contributed by atoms with E-state index in [9.17, 15) is 4.39 Å². The first-order chi connectivity index (χ1) is 9.27. The van der Waals surface area contributed by atoms with E-state index in [-0.39, 0.29) is 11.9 Å². The van der Waals surface area contributed by atoms with Gasteiger partial charge in [-0.15, -0.1) is 0 Å². The molecule has 3 N–H and O–H groups in total. The van der Waals surface area contributed by atoms with Gasteiger partial charge in [0.25, 0.3) is 0 Å². The van der Waals surface area contributed by atoms with Crippen LogP contribution in [0.2, 0.25) is 0 Å². The molecule has 1 atom stereocenters. The minimum absolute atomic E-state index is 0.134. The average molecular weight is 266 g/mol. The normalized spacial score (nSPS) is 12.6. The number of unbranched alkanes of at least 4 members (excludes halogenated alkanes) is 5. The van der Waals surface area contributed by atoms with Crippen molar-refractivity contribution in [3.05, 3.63) is 35.6 Å². The number of halogens is 1. The Kier molecular flexibility index (Phi) is 8.43. The summed E-state index contributed by atoms with van der Waals surface area (Å²) >= 11 is 0. The van der Waals surface area contributed by atoms with Crippen molar-refractivity contribution < 1.29 is 4.39 Å². The van der Waals surface area contributed by atoms with Crippen molar-refractivity contribution >= 4 is 0 Å². The predicted octanol–water partition coefficient (Wildman–Crippen LogP) is 3.95. The summed E-state index contributed by atoms with van der Waals surface area (Å²) in [7, 11) is 0. The summed E-state index contributed by atoms with van der Waals surface area (Å²) in [5.41, 5.74) is 3.56. The van der Waals surface area contributed by atoms with Crippen LogP contribution in [-0.2, 0) is 6.42 Å². The van der Waals surface area contributed by atoms with Gasteiger partial charge in [-0.25, -0.2) is 4.39 Å². The maximum atomic E-state index is 13.5. The molecule has 0 aliphatic heterocycles. The van der Waals surface area contributed by atoms with Crippen molar-refractivity contribution in [3.63, 3.8) is 0 Å². The molecular weight excluding hydrogens is 239 g/mol. The first kappa shape index (κ1) is 16.1. The van der Waals surface area contributed by atoms with E-state index in [1.807, 2.05) is 12.1 Å². The number of benzene rings is 1. The minimum atomic E-state index is -0.134. The molecule has 2 nitrogen and oxygen atoms in total. The molecule has 1 aromatic rings. The van der Waals surface area contributed by atoms with Crippen LogP contribution in [0.25, 0.3) is 0 Å². The molecule has 1 unspecified atom stereocenters. The van der Waals surface area contributed by atoms with Gasteiger partial charge in [-0.1, -0.05) is 63.6 Å². The van der Waals surface area contributed by atoms with Gasteiger partial charge in [0.05, 0.1) is 0 Å². The Morgan fingerprint density at radius 2 is 1.79 bits per heavy atom. The molecule has 19 heavy (non-hydrogen) atoms. The highest BCUT2D eigenvalue weighted by Crippen LogP contribution is 2.13. The third-order valence-corrected chi connectivity index (χ3v) is 3.57. The lowest BCUT2D eigenvalue weighted by Crippen LogP contribution is -2.36. The molecule has 108 valence electrons. The lowest BCUT2D eigenvalue weighted by molar-refractivity contribution is 0.452. The van der Waals surface area contributed by atoms with E-state index < -0.39 is 0 Å². The van der Waals surface area contributed by atoms with Gasteiger partial charge in [0.1, 0.15) is 5.82 Å². The van der Waals surface area contributed by atoms with E-state index in [1.54, 1.807) is 6.07 Å². The highest BCUT2D eigenvalue weighted by atomic mass is 19.1. The second kappa shape index (κ2) is 9.93. The number of hydrazine groups is 1. The summed E-state index contributed by atoms with van der Waals surface area (Å²) in [6.07, 6.45) is 9.31. The molecule has 0 aliphatic carbocycles. The fourth-order valence-electron chi connectivity index (χ4n) is 2.34. The van der Waals surface area contributed by atoms with E-state index in [0.29, 0.717) is 6.42 Å². The van der Waals surface area contributed by atoms with Crippen LogP contribution in [-0.4, -0.2) is 6.04 Å². The summed E-state index contributed by atoms with van der Waals surface area (Å²) in [6, 6.07) is 7.10. The van der Waals surface area contributed by atoms with E-state index in [4.69, 9.17) is 5.84 Å². The van der Waals surface area contributed by atoms with Crippen molar-refractivity contribution in [2.45, 2.75) is 64.3 Å². The Balaban J connectivity index is 2.24. The van der Waals surface area contributed by atoms with Crippen LogP contribution >= 0.6 is 0 Å². The van der Waals surface area contributed by atoms with Gasteiger partial charge in [0.2, 0.25) is 0 Å².